The zero-order valence-electron chi connectivity index (χ0n) is 9.76. The molecule has 0 N–H and O–H groups in total. The second-order valence-corrected chi connectivity index (χ2v) is 5.78. The molecule has 1 nitrogen and oxygen atoms in total. The molecule has 1 aliphatic heterocycles. The first kappa shape index (κ1) is 9.73. The Balaban J connectivity index is 1.52. The van der Waals surface area contributed by atoms with Crippen molar-refractivity contribution in [1.29, 1.82) is 0 Å². The number of fused-ring (bicyclic) bond motifs is 1. The van der Waals surface area contributed by atoms with Gasteiger partial charge in [-0.1, -0.05) is 12.8 Å². The summed E-state index contributed by atoms with van der Waals surface area (Å²) in [4.78, 5) is 2.67. The maximum atomic E-state index is 3.54. The highest BCUT2D eigenvalue weighted by Gasteiger charge is 2.49. The van der Waals surface area contributed by atoms with Crippen molar-refractivity contribution in [3.63, 3.8) is 0 Å². The number of hydrogen-bond donors (Lipinski definition) is 0. The molecule has 1 heterocycles. The molecule has 0 aromatic rings. The molecule has 1 saturated heterocycles. The fourth-order valence-corrected chi connectivity index (χ4v) is 2.90. The molecule has 82 valence electrons. The fourth-order valence-electron chi connectivity index (χ4n) is 2.90. The zero-order valence-corrected chi connectivity index (χ0v) is 9.76. The fraction of sp³-hybridized carbons (Fsp3) is 0.857. The maximum Gasteiger partial charge on any atom is 0.0442 e. The quantitative estimate of drug-likeness (QED) is 0.637. The molecule has 1 heteroatoms. The van der Waals surface area contributed by atoms with Crippen molar-refractivity contribution in [3.05, 3.63) is 0 Å². The summed E-state index contributed by atoms with van der Waals surface area (Å²) >= 11 is 0. The average Bonchev–Trinajstić information content (AvgIpc) is 3.10. The largest absolute Gasteiger partial charge is 0.301 e. The van der Waals surface area contributed by atoms with Gasteiger partial charge in [-0.3, -0.25) is 0 Å². The van der Waals surface area contributed by atoms with E-state index in [-0.39, 0.29) is 0 Å². The molecule has 3 fully saturated rings. The minimum absolute atomic E-state index is 0.436. The molecule has 0 aromatic heterocycles. The molecule has 0 spiro atoms. The van der Waals surface area contributed by atoms with E-state index in [4.69, 9.17) is 0 Å². The molecule has 2 aliphatic carbocycles. The molecule has 15 heavy (non-hydrogen) atoms. The first-order valence-electron chi connectivity index (χ1n) is 6.54. The van der Waals surface area contributed by atoms with Crippen LogP contribution in [0.2, 0.25) is 0 Å². The number of hydrogen-bond acceptors (Lipinski definition) is 1. The van der Waals surface area contributed by atoms with E-state index in [2.05, 4.69) is 23.7 Å². The molecular formula is C14H21N. The van der Waals surface area contributed by atoms with Crippen LogP contribution in [0.3, 0.4) is 0 Å². The van der Waals surface area contributed by atoms with Gasteiger partial charge in [0, 0.05) is 31.5 Å². The smallest absolute Gasteiger partial charge is 0.0442 e. The van der Waals surface area contributed by atoms with Gasteiger partial charge in [-0.2, -0.15) is 0 Å². The molecule has 0 amide bonds. The summed E-state index contributed by atoms with van der Waals surface area (Å²) in [5.41, 5.74) is 0.436. The van der Waals surface area contributed by atoms with E-state index in [0.717, 1.165) is 18.3 Å². The molecule has 2 unspecified atom stereocenters. The minimum atomic E-state index is 0.436. The predicted octanol–water partition coefficient (Wildman–Crippen LogP) is 2.52. The average molecular weight is 203 g/mol. The lowest BCUT2D eigenvalue weighted by Crippen LogP contribution is -2.29. The van der Waals surface area contributed by atoms with Crippen molar-refractivity contribution in [2.24, 2.45) is 17.3 Å². The van der Waals surface area contributed by atoms with E-state index in [1.165, 1.54) is 45.3 Å². The van der Waals surface area contributed by atoms with Crippen molar-refractivity contribution < 1.29 is 0 Å². The third kappa shape index (κ3) is 2.06. The van der Waals surface area contributed by atoms with Gasteiger partial charge in [0.25, 0.3) is 0 Å². The van der Waals surface area contributed by atoms with Gasteiger partial charge >= 0.3 is 0 Å². The Hall–Kier alpha value is -0.480. The number of likely N-dealkylation sites (tertiary alicyclic amines) is 1. The van der Waals surface area contributed by atoms with E-state index in [1.807, 2.05) is 0 Å². The van der Waals surface area contributed by atoms with E-state index in [1.54, 1.807) is 0 Å². The maximum absolute atomic E-state index is 3.54. The Morgan fingerprint density at radius 3 is 2.60 bits per heavy atom. The van der Waals surface area contributed by atoms with Gasteiger partial charge in [-0.25, -0.2) is 0 Å². The van der Waals surface area contributed by atoms with Crippen LogP contribution in [-0.2, 0) is 0 Å². The van der Waals surface area contributed by atoms with Crippen LogP contribution in [0, 0.1) is 29.1 Å². The molecule has 3 aliphatic rings. The highest BCUT2D eigenvalue weighted by molar-refractivity contribution is 5.21. The SMILES string of the molecule is CCCC#CC1(CN2CC3CC3C2)CC1. The topological polar surface area (TPSA) is 3.24 Å². The molecule has 0 bridgehead atoms. The number of nitrogens with zero attached hydrogens (tertiary/aromatic N) is 1. The Morgan fingerprint density at radius 2 is 2.00 bits per heavy atom. The lowest BCUT2D eigenvalue weighted by molar-refractivity contribution is 0.270. The second kappa shape index (κ2) is 3.52. The van der Waals surface area contributed by atoms with Crippen LogP contribution in [0.25, 0.3) is 0 Å². The van der Waals surface area contributed by atoms with Crippen molar-refractivity contribution in [2.75, 3.05) is 19.6 Å². The lowest BCUT2D eigenvalue weighted by atomic mass is 10.1. The van der Waals surface area contributed by atoms with Crippen molar-refractivity contribution >= 4 is 0 Å². The molecular weight excluding hydrogens is 182 g/mol. The summed E-state index contributed by atoms with van der Waals surface area (Å²) < 4.78 is 0. The van der Waals surface area contributed by atoms with E-state index >= 15 is 0 Å². The van der Waals surface area contributed by atoms with Crippen LogP contribution in [0.5, 0.6) is 0 Å². The highest BCUT2D eigenvalue weighted by atomic mass is 15.2. The molecule has 2 saturated carbocycles. The summed E-state index contributed by atoms with van der Waals surface area (Å²) in [5.74, 6) is 9.04. The highest BCUT2D eigenvalue weighted by Crippen LogP contribution is 2.50. The van der Waals surface area contributed by atoms with Crippen LogP contribution in [0.4, 0.5) is 0 Å². The summed E-state index contributed by atoms with van der Waals surface area (Å²) in [6, 6.07) is 0. The first-order chi connectivity index (χ1) is 7.31. The summed E-state index contributed by atoms with van der Waals surface area (Å²) in [5, 5.41) is 0. The van der Waals surface area contributed by atoms with Crippen molar-refractivity contribution in [1.82, 2.24) is 4.90 Å². The van der Waals surface area contributed by atoms with Gasteiger partial charge in [-0.15, -0.1) is 5.92 Å². The standard InChI is InChI=1S/C14H21N/c1-2-3-4-5-14(6-7-14)11-15-9-12-8-13(12)10-15/h12-13H,2-3,6-11H2,1H3. The predicted molar refractivity (Wildman–Crippen MR) is 62.4 cm³/mol. The van der Waals surface area contributed by atoms with Crippen molar-refractivity contribution in [2.45, 2.75) is 39.0 Å². The van der Waals surface area contributed by atoms with Crippen LogP contribution in [-0.4, -0.2) is 24.5 Å². The van der Waals surface area contributed by atoms with E-state index in [0.29, 0.717) is 5.41 Å². The van der Waals surface area contributed by atoms with Crippen LogP contribution in [0.15, 0.2) is 0 Å². The number of unbranched alkanes of at least 4 members (excludes halogenated alkanes) is 1. The van der Waals surface area contributed by atoms with E-state index in [9.17, 15) is 0 Å². The summed E-state index contributed by atoms with van der Waals surface area (Å²) in [7, 11) is 0. The Morgan fingerprint density at radius 1 is 1.27 bits per heavy atom. The van der Waals surface area contributed by atoms with Crippen molar-refractivity contribution in [3.8, 4) is 11.8 Å². The van der Waals surface area contributed by atoms with E-state index < -0.39 is 0 Å². The normalized spacial score (nSPS) is 35.5. The number of rotatable bonds is 3. The Bertz CT molecular complexity index is 295. The Labute approximate surface area is 93.2 Å². The monoisotopic (exact) mass is 203 g/mol. The lowest BCUT2D eigenvalue weighted by Gasteiger charge is -2.20. The molecule has 3 rings (SSSR count). The van der Waals surface area contributed by atoms with Crippen LogP contribution in [0.1, 0.15) is 39.0 Å². The first-order valence-corrected chi connectivity index (χ1v) is 6.54. The Kier molecular flexibility index (Phi) is 2.29. The zero-order chi connectivity index (χ0) is 10.3. The van der Waals surface area contributed by atoms with Gasteiger partial charge < -0.3 is 4.90 Å². The summed E-state index contributed by atoms with van der Waals surface area (Å²) in [6.45, 7) is 6.24. The molecule has 0 aromatic carbocycles. The second-order valence-electron chi connectivity index (χ2n) is 5.78. The van der Waals surface area contributed by atoms with Gasteiger partial charge in [-0.05, 0) is 37.5 Å². The molecule has 2 atom stereocenters. The van der Waals surface area contributed by atoms with Crippen LogP contribution >= 0.6 is 0 Å². The summed E-state index contributed by atoms with van der Waals surface area (Å²) in [6.07, 6.45) is 6.53. The van der Waals surface area contributed by atoms with Gasteiger partial charge in [0.1, 0.15) is 0 Å². The minimum Gasteiger partial charge on any atom is -0.301 e. The van der Waals surface area contributed by atoms with Gasteiger partial charge in [0.2, 0.25) is 0 Å². The third-order valence-electron chi connectivity index (χ3n) is 4.16. The van der Waals surface area contributed by atoms with Gasteiger partial charge in [0.15, 0.2) is 0 Å². The van der Waals surface area contributed by atoms with Gasteiger partial charge in [0.05, 0.1) is 0 Å². The number of piperidine rings is 1. The molecule has 0 radical (unpaired) electrons. The van der Waals surface area contributed by atoms with Crippen LogP contribution < -0.4 is 0 Å². The third-order valence-corrected chi connectivity index (χ3v) is 4.16.